The summed E-state index contributed by atoms with van der Waals surface area (Å²) in [5.41, 5.74) is 11.1. The van der Waals surface area contributed by atoms with Crippen LogP contribution in [0.15, 0.2) is 140 Å². The summed E-state index contributed by atoms with van der Waals surface area (Å²) >= 11 is 0. The Balaban J connectivity index is 1.39. The van der Waals surface area contributed by atoms with Crippen molar-refractivity contribution in [3.8, 4) is 39.6 Å². The molecular formula is C41H29N3. The fourth-order valence-electron chi connectivity index (χ4n) is 7.26. The zero-order valence-electron chi connectivity index (χ0n) is 24.6. The molecule has 0 unspecified atom stereocenters. The Morgan fingerprint density at radius 3 is 2.02 bits per heavy atom. The minimum Gasteiger partial charge on any atom is -0.278 e. The molecule has 0 saturated carbocycles. The predicted molar refractivity (Wildman–Crippen MR) is 182 cm³/mol. The number of rotatable bonds is 3. The largest absolute Gasteiger partial charge is 0.278 e. The number of fused-ring (bicyclic) bond motifs is 7. The summed E-state index contributed by atoms with van der Waals surface area (Å²) in [5, 5.41) is 4.84. The summed E-state index contributed by atoms with van der Waals surface area (Å²) in [5.74, 6) is 0.692. The van der Waals surface area contributed by atoms with Gasteiger partial charge in [0.25, 0.3) is 0 Å². The van der Waals surface area contributed by atoms with Gasteiger partial charge in [0, 0.05) is 32.9 Å². The average Bonchev–Trinajstić information content (AvgIpc) is 3.52. The maximum atomic E-state index is 5.50. The van der Waals surface area contributed by atoms with Crippen LogP contribution in [0.5, 0.6) is 0 Å². The molecule has 2 aromatic heterocycles. The van der Waals surface area contributed by atoms with Gasteiger partial charge < -0.3 is 0 Å². The Labute approximate surface area is 256 Å². The second-order valence-corrected chi connectivity index (χ2v) is 12.3. The van der Waals surface area contributed by atoms with Gasteiger partial charge in [-0.15, -0.1) is 0 Å². The molecule has 0 fully saturated rings. The summed E-state index contributed by atoms with van der Waals surface area (Å²) < 4.78 is 2.26. The molecular weight excluding hydrogens is 534 g/mol. The van der Waals surface area contributed by atoms with Crippen molar-refractivity contribution in [1.82, 2.24) is 14.5 Å². The van der Waals surface area contributed by atoms with Gasteiger partial charge in [-0.05, 0) is 51.7 Å². The van der Waals surface area contributed by atoms with Gasteiger partial charge in [-0.3, -0.25) is 4.57 Å². The van der Waals surface area contributed by atoms with Crippen LogP contribution in [0.3, 0.4) is 0 Å². The molecule has 0 N–H and O–H groups in total. The molecule has 208 valence electrons. The lowest BCUT2D eigenvalue weighted by Gasteiger charge is -2.24. The SMILES string of the molecule is CC1(C)c2ccccc2-c2nc(-n3c4ccccc4c4cc5ccccc5cc43)nc(-c3cccc(-c4ccccc4)c3)c21. The van der Waals surface area contributed by atoms with Crippen LogP contribution in [0.2, 0.25) is 0 Å². The fourth-order valence-corrected chi connectivity index (χ4v) is 7.26. The monoisotopic (exact) mass is 563 g/mol. The van der Waals surface area contributed by atoms with E-state index >= 15 is 0 Å². The fraction of sp³-hybridized carbons (Fsp3) is 0.0732. The van der Waals surface area contributed by atoms with Gasteiger partial charge >= 0.3 is 0 Å². The first-order valence-electron chi connectivity index (χ1n) is 15.2. The van der Waals surface area contributed by atoms with Crippen LogP contribution in [-0.2, 0) is 5.41 Å². The second-order valence-electron chi connectivity index (χ2n) is 12.3. The quantitative estimate of drug-likeness (QED) is 0.214. The zero-order valence-corrected chi connectivity index (χ0v) is 24.6. The van der Waals surface area contributed by atoms with Gasteiger partial charge in [-0.25, -0.2) is 9.97 Å². The molecule has 3 heteroatoms. The van der Waals surface area contributed by atoms with Crippen molar-refractivity contribution in [2.75, 3.05) is 0 Å². The van der Waals surface area contributed by atoms with Crippen LogP contribution in [0, 0.1) is 0 Å². The third-order valence-electron chi connectivity index (χ3n) is 9.36. The van der Waals surface area contributed by atoms with E-state index in [0.717, 1.165) is 28.0 Å². The van der Waals surface area contributed by atoms with Crippen molar-refractivity contribution >= 4 is 32.6 Å². The molecule has 0 radical (unpaired) electrons. The summed E-state index contributed by atoms with van der Waals surface area (Å²) in [6, 6.07) is 49.8. The summed E-state index contributed by atoms with van der Waals surface area (Å²) in [7, 11) is 0. The molecule has 8 aromatic rings. The smallest absolute Gasteiger partial charge is 0.235 e. The lowest BCUT2D eigenvalue weighted by molar-refractivity contribution is 0.657. The minimum absolute atomic E-state index is 0.250. The highest BCUT2D eigenvalue weighted by Gasteiger charge is 2.40. The zero-order chi connectivity index (χ0) is 29.4. The molecule has 6 aromatic carbocycles. The third-order valence-corrected chi connectivity index (χ3v) is 9.36. The highest BCUT2D eigenvalue weighted by atomic mass is 15.2. The molecule has 0 atom stereocenters. The first kappa shape index (κ1) is 25.0. The Morgan fingerprint density at radius 1 is 0.500 bits per heavy atom. The molecule has 0 aliphatic heterocycles. The van der Waals surface area contributed by atoms with E-state index in [1.807, 2.05) is 0 Å². The number of aromatic nitrogens is 3. The predicted octanol–water partition coefficient (Wildman–Crippen LogP) is 10.4. The van der Waals surface area contributed by atoms with Crippen LogP contribution in [0.25, 0.3) is 72.2 Å². The molecule has 1 aliphatic carbocycles. The molecule has 0 spiro atoms. The summed E-state index contributed by atoms with van der Waals surface area (Å²) in [4.78, 5) is 10.9. The van der Waals surface area contributed by atoms with E-state index in [9.17, 15) is 0 Å². The van der Waals surface area contributed by atoms with Gasteiger partial charge in [0.15, 0.2) is 0 Å². The van der Waals surface area contributed by atoms with Gasteiger partial charge in [-0.1, -0.05) is 129 Å². The van der Waals surface area contributed by atoms with Crippen LogP contribution in [0.1, 0.15) is 25.0 Å². The van der Waals surface area contributed by atoms with E-state index in [1.54, 1.807) is 0 Å². The van der Waals surface area contributed by atoms with Crippen LogP contribution >= 0.6 is 0 Å². The standard InChI is InChI=1S/C41H29N3/c1-41(2)34-21-10-8-20-32(34)39-37(41)38(30-18-12-17-27(23-30)26-13-4-3-5-14-26)42-40(43-39)44-35-22-11-9-19-31(35)33-24-28-15-6-7-16-29(28)25-36(33)44/h3-25H,1-2H3. The Bertz CT molecular complexity index is 2410. The van der Waals surface area contributed by atoms with Crippen molar-refractivity contribution in [2.45, 2.75) is 19.3 Å². The number of nitrogens with zero attached hydrogens (tertiary/aromatic N) is 3. The molecule has 1 aliphatic rings. The van der Waals surface area contributed by atoms with E-state index in [1.165, 1.54) is 49.4 Å². The van der Waals surface area contributed by atoms with Crippen molar-refractivity contribution in [3.63, 3.8) is 0 Å². The van der Waals surface area contributed by atoms with Crippen LogP contribution in [0.4, 0.5) is 0 Å². The van der Waals surface area contributed by atoms with E-state index in [4.69, 9.17) is 9.97 Å². The number of para-hydroxylation sites is 1. The number of hydrogen-bond acceptors (Lipinski definition) is 2. The third kappa shape index (κ3) is 3.56. The van der Waals surface area contributed by atoms with Gasteiger partial charge in [0.05, 0.1) is 22.4 Å². The van der Waals surface area contributed by atoms with E-state index in [-0.39, 0.29) is 5.41 Å². The highest BCUT2D eigenvalue weighted by molar-refractivity contribution is 6.13. The first-order chi connectivity index (χ1) is 21.6. The van der Waals surface area contributed by atoms with E-state index in [0.29, 0.717) is 5.95 Å². The van der Waals surface area contributed by atoms with E-state index in [2.05, 4.69) is 158 Å². The highest BCUT2D eigenvalue weighted by Crippen LogP contribution is 2.51. The van der Waals surface area contributed by atoms with Crippen molar-refractivity contribution in [1.29, 1.82) is 0 Å². The molecule has 44 heavy (non-hydrogen) atoms. The van der Waals surface area contributed by atoms with Crippen molar-refractivity contribution < 1.29 is 0 Å². The molecule has 3 nitrogen and oxygen atoms in total. The summed E-state index contributed by atoms with van der Waals surface area (Å²) in [6.45, 7) is 4.61. The molecule has 9 rings (SSSR count). The lowest BCUT2D eigenvalue weighted by Crippen LogP contribution is -2.18. The first-order valence-corrected chi connectivity index (χ1v) is 15.2. The second kappa shape index (κ2) is 9.23. The molecule has 2 heterocycles. The van der Waals surface area contributed by atoms with E-state index < -0.39 is 0 Å². The van der Waals surface area contributed by atoms with Crippen LogP contribution < -0.4 is 0 Å². The maximum absolute atomic E-state index is 5.50. The molecule has 0 bridgehead atoms. The normalized spacial score (nSPS) is 13.4. The summed E-state index contributed by atoms with van der Waals surface area (Å²) in [6.07, 6.45) is 0. The lowest BCUT2D eigenvalue weighted by atomic mass is 9.80. The van der Waals surface area contributed by atoms with Crippen LogP contribution in [-0.4, -0.2) is 14.5 Å². The Kier molecular flexibility index (Phi) is 5.24. The van der Waals surface area contributed by atoms with Crippen molar-refractivity contribution in [2.24, 2.45) is 0 Å². The minimum atomic E-state index is -0.250. The topological polar surface area (TPSA) is 30.7 Å². The molecule has 0 amide bonds. The Hall–Kier alpha value is -5.54. The molecule has 0 saturated heterocycles. The van der Waals surface area contributed by atoms with Gasteiger partial charge in [-0.2, -0.15) is 0 Å². The number of hydrogen-bond donors (Lipinski definition) is 0. The van der Waals surface area contributed by atoms with Gasteiger partial charge in [0.1, 0.15) is 0 Å². The van der Waals surface area contributed by atoms with Gasteiger partial charge in [0.2, 0.25) is 5.95 Å². The van der Waals surface area contributed by atoms with Crippen molar-refractivity contribution in [3.05, 3.63) is 151 Å². The Morgan fingerprint density at radius 2 is 1.16 bits per heavy atom. The maximum Gasteiger partial charge on any atom is 0.235 e. The average molecular weight is 564 g/mol. The number of benzene rings is 6.